The minimum Gasteiger partial charge on any atom is -0.427 e. The molecule has 0 fully saturated rings. The third-order valence-electron chi connectivity index (χ3n) is 13.3. The molecule has 4 N–H and O–H groups in total. The Balaban J connectivity index is 0. The third kappa shape index (κ3) is 35.0. The van der Waals surface area contributed by atoms with Crippen LogP contribution in [0.5, 0.6) is 0 Å². The van der Waals surface area contributed by atoms with Crippen LogP contribution in [0.2, 0.25) is 13.6 Å². The first-order chi connectivity index (χ1) is 39.1. The molecule has 0 spiro atoms. The van der Waals surface area contributed by atoms with Crippen molar-refractivity contribution in [2.45, 2.75) is 186 Å². The van der Waals surface area contributed by atoms with Crippen LogP contribution in [-0.2, 0) is 25.4 Å². The highest BCUT2D eigenvalue weighted by Crippen LogP contribution is 2.39. The molecule has 0 atom stereocenters. The van der Waals surface area contributed by atoms with Crippen LogP contribution in [0.15, 0.2) is 102 Å². The normalized spacial score (nSPS) is 13.3. The fraction of sp³-hybridized carbons (Fsp3) is 0.642. The predicted octanol–water partition coefficient (Wildman–Crippen LogP) is 14.9. The summed E-state index contributed by atoms with van der Waals surface area (Å²) in [5.41, 5.74) is 10.6. The number of ether oxygens (including phenoxy) is 4. The molecular weight excluding hydrogens is 993 g/mol. The molecule has 13 heteroatoms. The molecule has 0 saturated heterocycles. The van der Waals surface area contributed by atoms with E-state index < -0.39 is 14.2 Å². The Labute approximate surface area is 493 Å². The lowest BCUT2D eigenvalue weighted by molar-refractivity contribution is 0.0346. The second-order valence-corrected chi connectivity index (χ2v) is 19.6. The molecular formula is C67H117B3N2O8. The van der Waals surface area contributed by atoms with Gasteiger partial charge in [-0.05, 0) is 159 Å². The molecule has 5 rings (SSSR count). The number of allylic oxidation sites excluding steroid dienone is 7. The van der Waals surface area contributed by atoms with Gasteiger partial charge < -0.3 is 39.0 Å². The van der Waals surface area contributed by atoms with Gasteiger partial charge in [-0.2, -0.15) is 0 Å². The summed E-state index contributed by atoms with van der Waals surface area (Å²) in [6.45, 7) is 41.2. The Bertz CT molecular complexity index is 1980. The Kier molecular flexibility index (Phi) is 54.0. The topological polar surface area (TPSA) is 124 Å². The minimum atomic E-state index is -1.40. The second-order valence-electron chi connectivity index (χ2n) is 19.6. The molecule has 3 aliphatic rings. The Morgan fingerprint density at radius 1 is 0.650 bits per heavy atom. The van der Waals surface area contributed by atoms with E-state index in [1.807, 2.05) is 41.5 Å². The van der Waals surface area contributed by atoms with Crippen molar-refractivity contribution in [3.05, 3.63) is 119 Å². The van der Waals surface area contributed by atoms with Crippen LogP contribution >= 0.6 is 0 Å². The summed E-state index contributed by atoms with van der Waals surface area (Å²) in [6.07, 6.45) is 33.1. The lowest BCUT2D eigenvalue weighted by atomic mass is 9.74. The quantitative estimate of drug-likeness (QED) is 0.0301. The van der Waals surface area contributed by atoms with Crippen LogP contribution in [0.1, 0.15) is 182 Å². The standard InChI is InChI=1S/C57H87BN2O6.3C2H6.C2H4.CH5BO2.CH3B/c1-5-7-21-48(47(3)4)32-35-59(45-52-27-18-25-51-31-30-50-24-17-23-49-26-19-28-54(52)57(51)56(49)50)33-13-8-9-14-34-60(46-53-22-11-10-12-29-55(53)58(61)62)36-42-65-39-16-15-38-64-40-20-41-66-44-43-63-37-6-2;4*1-2;1-2(3)4;1-2/h11,17-19,21-25,28,30-31,47,61-62H,5-10,12-16,20,26-27,29,32-46H2,1-4H3;3*1-2H3;1-2H2;3-4H,1H3;1H3/b48-21-;;;;;;. The maximum atomic E-state index is 10.3. The summed E-state index contributed by atoms with van der Waals surface area (Å²) >= 11 is 0. The number of hydrogen-bond acceptors (Lipinski definition) is 10. The SMILES string of the molecule is C=C.CB(O)O.CC.CC.CC.CCC/C=C(/CCN(CCCCCCN(CCOCCCCOCCCOCCOCCC)CC1=C(B(O)O)CCCC=C1)CC1=C2C=CCc3cccc4ccc(c2c34)C=CC1)C(C)C.[B]C. The zero-order valence-corrected chi connectivity index (χ0v) is 53.2. The van der Waals surface area contributed by atoms with E-state index >= 15 is 0 Å². The molecule has 0 heterocycles. The molecule has 80 heavy (non-hydrogen) atoms. The molecule has 2 radical (unpaired) electrons. The lowest BCUT2D eigenvalue weighted by Crippen LogP contribution is -2.32. The van der Waals surface area contributed by atoms with Gasteiger partial charge in [-0.15, -0.1) is 13.2 Å². The van der Waals surface area contributed by atoms with Crippen LogP contribution in [-0.4, -0.2) is 144 Å². The summed E-state index contributed by atoms with van der Waals surface area (Å²) in [5, 5.41) is 38.6. The maximum absolute atomic E-state index is 10.3. The molecule has 0 bridgehead atoms. The molecule has 3 aliphatic carbocycles. The number of unbranched alkanes of at least 4 members (excludes halogenated alkanes) is 5. The monoisotopic (exact) mass is 1110 g/mol. The van der Waals surface area contributed by atoms with Gasteiger partial charge in [0.05, 0.1) is 27.7 Å². The molecule has 0 aliphatic heterocycles. The first-order valence-corrected chi connectivity index (χ1v) is 31.4. The summed E-state index contributed by atoms with van der Waals surface area (Å²) in [7, 11) is 1.93. The first kappa shape index (κ1) is 78.7. The fourth-order valence-electron chi connectivity index (χ4n) is 9.55. The Morgan fingerprint density at radius 2 is 1.24 bits per heavy atom. The average Bonchev–Trinajstić information content (AvgIpc) is 3.94. The summed E-state index contributed by atoms with van der Waals surface area (Å²) in [6, 6.07) is 11.4. The maximum Gasteiger partial charge on any atom is 0.484 e. The van der Waals surface area contributed by atoms with Crippen LogP contribution in [0.3, 0.4) is 0 Å². The van der Waals surface area contributed by atoms with E-state index in [9.17, 15) is 10.0 Å². The number of rotatable bonds is 35. The Hall–Kier alpha value is -3.33. The highest BCUT2D eigenvalue weighted by molar-refractivity contribution is 6.51. The predicted molar refractivity (Wildman–Crippen MR) is 352 cm³/mol. The fourth-order valence-corrected chi connectivity index (χ4v) is 9.55. The lowest BCUT2D eigenvalue weighted by Gasteiger charge is -2.27. The average molecular weight is 1110 g/mol. The highest BCUT2D eigenvalue weighted by atomic mass is 16.5. The van der Waals surface area contributed by atoms with E-state index in [0.717, 1.165) is 147 Å². The van der Waals surface area contributed by atoms with E-state index in [2.05, 4.69) is 131 Å². The van der Waals surface area contributed by atoms with Gasteiger partial charge in [-0.25, -0.2) is 0 Å². The zero-order valence-electron chi connectivity index (χ0n) is 53.2. The Morgan fingerprint density at radius 3 is 1.85 bits per heavy atom. The van der Waals surface area contributed by atoms with Gasteiger partial charge in [-0.1, -0.05) is 174 Å². The van der Waals surface area contributed by atoms with Crippen molar-refractivity contribution in [1.29, 1.82) is 0 Å². The smallest absolute Gasteiger partial charge is 0.427 e. The van der Waals surface area contributed by atoms with Crippen LogP contribution in [0, 0.1) is 5.92 Å². The summed E-state index contributed by atoms with van der Waals surface area (Å²) in [4.78, 5) is 5.23. The van der Waals surface area contributed by atoms with E-state index in [0.29, 0.717) is 38.9 Å². The van der Waals surface area contributed by atoms with Crippen LogP contribution < -0.4 is 0 Å². The van der Waals surface area contributed by atoms with Crippen molar-refractivity contribution in [3.63, 3.8) is 0 Å². The molecule has 0 saturated carbocycles. The number of hydrogen-bond donors (Lipinski definition) is 4. The summed E-state index contributed by atoms with van der Waals surface area (Å²) < 4.78 is 23.0. The van der Waals surface area contributed by atoms with Gasteiger partial charge in [0.2, 0.25) is 0 Å². The number of benzene rings is 2. The van der Waals surface area contributed by atoms with Crippen LogP contribution in [0.4, 0.5) is 0 Å². The summed E-state index contributed by atoms with van der Waals surface area (Å²) in [5.74, 6) is 0.569. The van der Waals surface area contributed by atoms with Crippen molar-refractivity contribution < 1.29 is 39.0 Å². The molecule has 2 aromatic rings. The highest BCUT2D eigenvalue weighted by Gasteiger charge is 2.23. The molecule has 0 amide bonds. The number of nitrogens with zero attached hydrogens (tertiary/aromatic N) is 2. The van der Waals surface area contributed by atoms with Crippen molar-refractivity contribution >= 4 is 44.5 Å². The van der Waals surface area contributed by atoms with Gasteiger partial charge in [0.1, 0.15) is 0 Å². The zero-order chi connectivity index (χ0) is 60.2. The van der Waals surface area contributed by atoms with Gasteiger partial charge in [0.15, 0.2) is 0 Å². The minimum absolute atomic E-state index is 0.569. The van der Waals surface area contributed by atoms with E-state index in [4.69, 9.17) is 29.0 Å². The van der Waals surface area contributed by atoms with E-state index in [-0.39, 0.29) is 0 Å². The van der Waals surface area contributed by atoms with Gasteiger partial charge in [0.25, 0.3) is 0 Å². The molecule has 452 valence electrons. The van der Waals surface area contributed by atoms with Crippen molar-refractivity contribution in [2.24, 2.45) is 5.92 Å². The van der Waals surface area contributed by atoms with Gasteiger partial charge in [0, 0.05) is 59.2 Å². The third-order valence-corrected chi connectivity index (χ3v) is 13.3. The first-order valence-electron chi connectivity index (χ1n) is 31.4. The van der Waals surface area contributed by atoms with Gasteiger partial charge >= 0.3 is 14.2 Å². The molecule has 2 aromatic carbocycles. The van der Waals surface area contributed by atoms with E-state index in [1.54, 1.807) is 5.57 Å². The van der Waals surface area contributed by atoms with Crippen molar-refractivity contribution in [1.82, 2.24) is 9.80 Å². The molecule has 0 aromatic heterocycles. The molecule has 0 unspecified atom stereocenters. The van der Waals surface area contributed by atoms with E-state index in [1.165, 1.54) is 77.9 Å². The van der Waals surface area contributed by atoms with Gasteiger partial charge in [-0.3, -0.25) is 9.80 Å². The largest absolute Gasteiger partial charge is 0.484 e. The van der Waals surface area contributed by atoms with Crippen molar-refractivity contribution in [2.75, 3.05) is 92.1 Å². The van der Waals surface area contributed by atoms with Crippen LogP contribution in [0.25, 0.3) is 22.4 Å². The van der Waals surface area contributed by atoms with Crippen molar-refractivity contribution in [3.8, 4) is 0 Å². The second kappa shape index (κ2) is 54.9. The molecule has 10 nitrogen and oxygen atoms in total.